The molecular formula is C53H93NO5. The number of hydrogen-bond donors (Lipinski definition) is 3. The number of allylic oxidation sites excluding steroid dienone is 12. The summed E-state index contributed by atoms with van der Waals surface area (Å²) in [6, 6.07) is -0.714. The highest BCUT2D eigenvalue weighted by Gasteiger charge is 2.24. The molecule has 3 unspecified atom stereocenters. The molecule has 59 heavy (non-hydrogen) atoms. The standard InChI is InChI=1S/C53H93NO5/c1-4-7-10-13-16-19-22-24-25-26-27-29-31-34-37-40-43-46-53(58)59-49(44-41-38-35-32-30-28-23-20-17-14-11-8-5-2)47-52(57)54-50(48-55)51(56)45-42-39-36-33-21-18-15-12-9-6-3/h8,11,14,16-17,19-20,23-25,27,29,49-51,55-56H,4-7,9-10,12-13,15,18,21-22,26,28,30-48H2,1-3H3,(H,54,57)/b11-8+,17-14+,19-16-,23-20+,25-24-,29-27-. The molecule has 6 heteroatoms. The van der Waals surface area contributed by atoms with Crippen LogP contribution in [0.5, 0.6) is 0 Å². The van der Waals surface area contributed by atoms with Gasteiger partial charge >= 0.3 is 5.97 Å². The molecule has 0 saturated carbocycles. The van der Waals surface area contributed by atoms with Gasteiger partial charge in [0, 0.05) is 6.42 Å². The predicted molar refractivity (Wildman–Crippen MR) is 255 cm³/mol. The van der Waals surface area contributed by atoms with Crippen molar-refractivity contribution in [1.82, 2.24) is 5.32 Å². The first-order valence-corrected chi connectivity index (χ1v) is 24.7. The fourth-order valence-corrected chi connectivity index (χ4v) is 7.08. The highest BCUT2D eigenvalue weighted by Crippen LogP contribution is 2.17. The lowest BCUT2D eigenvalue weighted by Gasteiger charge is -2.24. The third-order valence-corrected chi connectivity index (χ3v) is 10.8. The van der Waals surface area contributed by atoms with Crippen LogP contribution in [0.15, 0.2) is 72.9 Å². The largest absolute Gasteiger partial charge is 0.462 e. The van der Waals surface area contributed by atoms with Crippen molar-refractivity contribution in [2.75, 3.05) is 6.61 Å². The average molecular weight is 824 g/mol. The van der Waals surface area contributed by atoms with Crippen molar-refractivity contribution in [2.24, 2.45) is 0 Å². The van der Waals surface area contributed by atoms with Crippen LogP contribution in [-0.4, -0.2) is 46.9 Å². The normalized spacial score (nSPS) is 13.9. The molecule has 0 aromatic carbocycles. The van der Waals surface area contributed by atoms with Crippen LogP contribution >= 0.6 is 0 Å². The van der Waals surface area contributed by atoms with Crippen molar-refractivity contribution in [1.29, 1.82) is 0 Å². The average Bonchev–Trinajstić information content (AvgIpc) is 3.23. The van der Waals surface area contributed by atoms with E-state index in [1.54, 1.807) is 0 Å². The van der Waals surface area contributed by atoms with Gasteiger partial charge in [0.25, 0.3) is 0 Å². The maximum atomic E-state index is 13.2. The van der Waals surface area contributed by atoms with Crippen LogP contribution < -0.4 is 5.32 Å². The number of ether oxygens (including phenoxy) is 1. The second-order valence-electron chi connectivity index (χ2n) is 16.5. The summed E-state index contributed by atoms with van der Waals surface area (Å²) in [7, 11) is 0. The Morgan fingerprint density at radius 1 is 0.525 bits per heavy atom. The Morgan fingerprint density at radius 3 is 1.56 bits per heavy atom. The molecule has 0 aliphatic rings. The number of rotatable bonds is 43. The molecule has 0 rings (SSSR count). The maximum Gasteiger partial charge on any atom is 0.306 e. The van der Waals surface area contributed by atoms with Crippen LogP contribution in [0, 0.1) is 0 Å². The van der Waals surface area contributed by atoms with E-state index >= 15 is 0 Å². The van der Waals surface area contributed by atoms with Gasteiger partial charge in [-0.3, -0.25) is 9.59 Å². The Morgan fingerprint density at radius 2 is 0.983 bits per heavy atom. The Kier molecular flexibility index (Phi) is 44.2. The molecule has 0 aromatic heterocycles. The summed E-state index contributed by atoms with van der Waals surface area (Å²) in [4.78, 5) is 26.1. The number of nitrogens with one attached hydrogen (secondary N) is 1. The minimum Gasteiger partial charge on any atom is -0.462 e. The molecule has 3 N–H and O–H groups in total. The Hall–Kier alpha value is -2.70. The third-order valence-electron chi connectivity index (χ3n) is 10.8. The summed E-state index contributed by atoms with van der Waals surface area (Å²) in [6.45, 7) is 6.29. The lowest BCUT2D eigenvalue weighted by atomic mass is 10.0. The Balaban J connectivity index is 4.65. The molecule has 340 valence electrons. The van der Waals surface area contributed by atoms with Gasteiger partial charge in [0.2, 0.25) is 5.91 Å². The lowest BCUT2D eigenvalue weighted by Crippen LogP contribution is -2.46. The predicted octanol–water partition coefficient (Wildman–Crippen LogP) is 14.6. The minimum atomic E-state index is -0.799. The number of unbranched alkanes of at least 4 members (excludes halogenated alkanes) is 21. The van der Waals surface area contributed by atoms with E-state index in [0.29, 0.717) is 19.3 Å². The molecule has 0 aromatic rings. The molecule has 0 fully saturated rings. The SMILES string of the molecule is CC/C=C/C=C/C=C/CCCCCCCC(CC(=O)NC(CO)C(O)CCCCCCCCCCCC)OC(=O)CCCCCC/C=C\C/C=C\C/C=C\CCCCC. The topological polar surface area (TPSA) is 95.9 Å². The van der Waals surface area contributed by atoms with E-state index in [2.05, 4.69) is 99.0 Å². The Labute approximate surface area is 364 Å². The van der Waals surface area contributed by atoms with Crippen LogP contribution in [0.25, 0.3) is 0 Å². The molecule has 3 atom stereocenters. The number of aliphatic hydroxyl groups excluding tert-OH is 2. The van der Waals surface area contributed by atoms with Crippen LogP contribution in [0.3, 0.4) is 0 Å². The first kappa shape index (κ1) is 56.3. The molecule has 0 heterocycles. The van der Waals surface area contributed by atoms with Crippen LogP contribution in [-0.2, 0) is 14.3 Å². The first-order valence-electron chi connectivity index (χ1n) is 24.7. The van der Waals surface area contributed by atoms with Crippen molar-refractivity contribution >= 4 is 11.9 Å². The van der Waals surface area contributed by atoms with E-state index in [4.69, 9.17) is 4.74 Å². The fraction of sp³-hybridized carbons (Fsp3) is 0.736. The number of hydrogen-bond acceptors (Lipinski definition) is 5. The number of aliphatic hydroxyl groups is 2. The number of esters is 1. The zero-order valence-electron chi connectivity index (χ0n) is 38.6. The molecule has 0 aliphatic carbocycles. The van der Waals surface area contributed by atoms with Gasteiger partial charge in [-0.2, -0.15) is 0 Å². The van der Waals surface area contributed by atoms with Crippen molar-refractivity contribution in [3.8, 4) is 0 Å². The summed E-state index contributed by atoms with van der Waals surface area (Å²) in [6.07, 6.45) is 58.1. The molecule has 6 nitrogen and oxygen atoms in total. The van der Waals surface area contributed by atoms with Gasteiger partial charge in [-0.15, -0.1) is 0 Å². The molecule has 0 radical (unpaired) electrons. The van der Waals surface area contributed by atoms with E-state index in [-0.39, 0.29) is 24.9 Å². The Bertz CT molecular complexity index is 1110. The van der Waals surface area contributed by atoms with E-state index < -0.39 is 18.2 Å². The summed E-state index contributed by atoms with van der Waals surface area (Å²) in [5.41, 5.74) is 0. The molecule has 0 saturated heterocycles. The lowest BCUT2D eigenvalue weighted by molar-refractivity contribution is -0.151. The molecular weight excluding hydrogens is 731 g/mol. The molecule has 0 aliphatic heterocycles. The number of carbonyl (C=O) groups excluding carboxylic acids is 2. The number of carbonyl (C=O) groups is 2. The van der Waals surface area contributed by atoms with E-state index in [1.165, 1.54) is 70.6 Å². The summed E-state index contributed by atoms with van der Waals surface area (Å²) < 4.78 is 5.90. The monoisotopic (exact) mass is 824 g/mol. The van der Waals surface area contributed by atoms with Crippen LogP contribution in [0.1, 0.15) is 226 Å². The van der Waals surface area contributed by atoms with E-state index in [0.717, 1.165) is 109 Å². The quantitative estimate of drug-likeness (QED) is 0.0246. The van der Waals surface area contributed by atoms with Gasteiger partial charge in [-0.05, 0) is 83.5 Å². The third kappa shape index (κ3) is 41.8. The van der Waals surface area contributed by atoms with Gasteiger partial charge in [0.1, 0.15) is 6.10 Å². The maximum absolute atomic E-state index is 13.2. The molecule has 0 bridgehead atoms. The smallest absolute Gasteiger partial charge is 0.306 e. The van der Waals surface area contributed by atoms with Gasteiger partial charge in [-0.1, -0.05) is 203 Å². The zero-order valence-corrected chi connectivity index (χ0v) is 38.6. The van der Waals surface area contributed by atoms with Crippen LogP contribution in [0.4, 0.5) is 0 Å². The summed E-state index contributed by atoms with van der Waals surface area (Å²) >= 11 is 0. The van der Waals surface area contributed by atoms with E-state index in [1.807, 2.05) is 0 Å². The minimum absolute atomic E-state index is 0.0518. The highest BCUT2D eigenvalue weighted by atomic mass is 16.5. The van der Waals surface area contributed by atoms with Gasteiger partial charge in [0.05, 0.1) is 25.2 Å². The second kappa shape index (κ2) is 46.4. The van der Waals surface area contributed by atoms with E-state index in [9.17, 15) is 19.8 Å². The zero-order chi connectivity index (χ0) is 43.1. The second-order valence-corrected chi connectivity index (χ2v) is 16.5. The van der Waals surface area contributed by atoms with Crippen molar-refractivity contribution in [3.63, 3.8) is 0 Å². The van der Waals surface area contributed by atoms with Crippen molar-refractivity contribution in [2.45, 2.75) is 244 Å². The number of amides is 1. The molecule has 0 spiro atoms. The fourth-order valence-electron chi connectivity index (χ4n) is 7.08. The summed E-state index contributed by atoms with van der Waals surface area (Å²) in [5, 5.41) is 23.7. The molecule has 1 amide bonds. The van der Waals surface area contributed by atoms with Gasteiger partial charge < -0.3 is 20.3 Å². The summed E-state index contributed by atoms with van der Waals surface area (Å²) in [5.74, 6) is -0.524. The first-order chi connectivity index (χ1) is 29.0. The van der Waals surface area contributed by atoms with Gasteiger partial charge in [0.15, 0.2) is 0 Å². The van der Waals surface area contributed by atoms with Crippen molar-refractivity contribution in [3.05, 3.63) is 72.9 Å². The van der Waals surface area contributed by atoms with Crippen LogP contribution in [0.2, 0.25) is 0 Å². The van der Waals surface area contributed by atoms with Crippen molar-refractivity contribution < 1.29 is 24.5 Å². The van der Waals surface area contributed by atoms with Gasteiger partial charge in [-0.25, -0.2) is 0 Å². The highest BCUT2D eigenvalue weighted by molar-refractivity contribution is 5.77.